The molecular weight excluding hydrogens is 364 g/mol. The predicted molar refractivity (Wildman–Crippen MR) is 99.6 cm³/mol. The van der Waals surface area contributed by atoms with Crippen LogP contribution < -0.4 is 5.32 Å². The lowest BCUT2D eigenvalue weighted by atomic mass is 10.2. The zero-order valence-corrected chi connectivity index (χ0v) is 15.0. The highest BCUT2D eigenvalue weighted by Gasteiger charge is 2.46. The first-order chi connectivity index (χ1) is 13.5. The summed E-state index contributed by atoms with van der Waals surface area (Å²) in [4.78, 5) is 20.4. The molecule has 2 aromatic carbocycles. The second-order valence-electron chi connectivity index (χ2n) is 7.27. The largest absolute Gasteiger partial charge is 0.456 e. The van der Waals surface area contributed by atoms with E-state index in [0.29, 0.717) is 11.1 Å². The Kier molecular flexibility index (Phi) is 3.72. The number of rotatable bonds is 4. The molecule has 2 aromatic heterocycles. The van der Waals surface area contributed by atoms with Crippen LogP contribution in [0.3, 0.4) is 0 Å². The van der Waals surface area contributed by atoms with E-state index in [2.05, 4.69) is 15.3 Å². The van der Waals surface area contributed by atoms with Crippen molar-refractivity contribution >= 4 is 27.9 Å². The van der Waals surface area contributed by atoms with Crippen LogP contribution >= 0.6 is 0 Å². The van der Waals surface area contributed by atoms with Gasteiger partial charge in [-0.15, -0.1) is 0 Å². The summed E-state index contributed by atoms with van der Waals surface area (Å²) in [5.74, 6) is -0.440. The molecule has 1 aliphatic carbocycles. The van der Waals surface area contributed by atoms with Crippen molar-refractivity contribution in [2.24, 2.45) is 5.92 Å². The maximum Gasteiger partial charge on any atom is 0.224 e. The molecule has 5 rings (SSSR count). The fraction of sp³-hybridized carbons (Fsp3) is 0.238. The van der Waals surface area contributed by atoms with E-state index in [4.69, 9.17) is 4.42 Å². The number of imidazole rings is 1. The van der Waals surface area contributed by atoms with Crippen LogP contribution in [0.1, 0.15) is 36.9 Å². The molecule has 0 radical (unpaired) electrons. The Balaban J connectivity index is 1.30. The Morgan fingerprint density at radius 3 is 2.93 bits per heavy atom. The zero-order valence-electron chi connectivity index (χ0n) is 15.0. The molecule has 2 N–H and O–H groups in total. The molecule has 142 valence electrons. The van der Waals surface area contributed by atoms with Gasteiger partial charge in [0.2, 0.25) is 5.91 Å². The molecule has 7 heteroatoms. The quantitative estimate of drug-likeness (QED) is 0.544. The van der Waals surface area contributed by atoms with E-state index in [9.17, 15) is 13.6 Å². The number of H-pyrrole nitrogens is 1. The maximum absolute atomic E-state index is 13.8. The lowest BCUT2D eigenvalue weighted by Crippen LogP contribution is -2.28. The standard InChI is InChI=1S/C21H17F2N3O2/c1-10(18-7-11-6-12(22)8-15(23)19(11)28-18)24-21(27)14-9-13(14)20-25-16-4-2-3-5-17(16)26-20/h2-8,10,13-14H,9H2,1H3,(H,24,27)(H,25,26)/t10?,13-,14-/m0/s1. The molecule has 3 atom stereocenters. The van der Waals surface area contributed by atoms with Gasteiger partial charge in [0.15, 0.2) is 11.4 Å². The Morgan fingerprint density at radius 1 is 1.29 bits per heavy atom. The topological polar surface area (TPSA) is 70.9 Å². The third kappa shape index (κ3) is 2.83. The van der Waals surface area contributed by atoms with Crippen molar-refractivity contribution < 1.29 is 18.0 Å². The van der Waals surface area contributed by atoms with E-state index in [1.54, 1.807) is 13.0 Å². The summed E-state index contributed by atoms with van der Waals surface area (Å²) < 4.78 is 32.7. The first kappa shape index (κ1) is 16.9. The number of nitrogens with zero attached hydrogens (tertiary/aromatic N) is 1. The summed E-state index contributed by atoms with van der Waals surface area (Å²) in [6, 6.07) is 10.8. The first-order valence-corrected chi connectivity index (χ1v) is 9.13. The number of hydrogen-bond donors (Lipinski definition) is 2. The minimum absolute atomic E-state index is 0.0101. The highest BCUT2D eigenvalue weighted by molar-refractivity contribution is 5.84. The number of carbonyl (C=O) groups excluding carboxylic acids is 1. The van der Waals surface area contributed by atoms with Crippen LogP contribution in [-0.2, 0) is 4.79 Å². The molecule has 1 fully saturated rings. The Labute approximate surface area is 158 Å². The van der Waals surface area contributed by atoms with Gasteiger partial charge in [0, 0.05) is 23.3 Å². The fourth-order valence-corrected chi connectivity index (χ4v) is 3.64. The molecule has 0 saturated heterocycles. The van der Waals surface area contributed by atoms with Crippen molar-refractivity contribution in [1.82, 2.24) is 15.3 Å². The minimum atomic E-state index is -0.757. The van der Waals surface area contributed by atoms with Gasteiger partial charge in [-0.25, -0.2) is 13.8 Å². The summed E-state index contributed by atoms with van der Waals surface area (Å²) in [5.41, 5.74) is 1.82. The molecule has 2 heterocycles. The molecule has 1 amide bonds. The van der Waals surface area contributed by atoms with Crippen molar-refractivity contribution in [1.29, 1.82) is 0 Å². The number of halogens is 2. The smallest absolute Gasteiger partial charge is 0.224 e. The second kappa shape index (κ2) is 6.15. The Morgan fingerprint density at radius 2 is 2.11 bits per heavy atom. The van der Waals surface area contributed by atoms with Gasteiger partial charge in [-0.05, 0) is 37.6 Å². The van der Waals surface area contributed by atoms with Gasteiger partial charge in [-0.1, -0.05) is 12.1 Å². The summed E-state index contributed by atoms with van der Waals surface area (Å²) in [6.07, 6.45) is 0.721. The molecule has 0 aliphatic heterocycles. The monoisotopic (exact) mass is 381 g/mol. The van der Waals surface area contributed by atoms with Crippen LogP contribution in [0.4, 0.5) is 8.78 Å². The average Bonchev–Trinajstić information content (AvgIpc) is 3.15. The molecule has 0 spiro atoms. The van der Waals surface area contributed by atoms with E-state index in [-0.39, 0.29) is 23.3 Å². The Hall–Kier alpha value is -3.22. The molecule has 1 unspecified atom stereocenters. The molecule has 5 nitrogen and oxygen atoms in total. The zero-order chi connectivity index (χ0) is 19.4. The number of furan rings is 1. The summed E-state index contributed by atoms with van der Waals surface area (Å²) in [5, 5.41) is 3.23. The van der Waals surface area contributed by atoms with E-state index < -0.39 is 17.7 Å². The van der Waals surface area contributed by atoms with Gasteiger partial charge in [0.1, 0.15) is 17.4 Å². The minimum Gasteiger partial charge on any atom is -0.456 e. The van der Waals surface area contributed by atoms with Gasteiger partial charge < -0.3 is 14.7 Å². The van der Waals surface area contributed by atoms with E-state index in [0.717, 1.165) is 29.3 Å². The third-order valence-electron chi connectivity index (χ3n) is 5.23. The van der Waals surface area contributed by atoms with Crippen molar-refractivity contribution in [3.63, 3.8) is 0 Å². The van der Waals surface area contributed by atoms with Crippen LogP contribution in [-0.4, -0.2) is 15.9 Å². The van der Waals surface area contributed by atoms with Gasteiger partial charge in [0.05, 0.1) is 17.1 Å². The van der Waals surface area contributed by atoms with Crippen LogP contribution in [0.5, 0.6) is 0 Å². The lowest BCUT2D eigenvalue weighted by molar-refractivity contribution is -0.123. The number of nitrogens with one attached hydrogen (secondary N) is 2. The van der Waals surface area contributed by atoms with Crippen molar-refractivity contribution in [2.45, 2.75) is 25.3 Å². The number of benzene rings is 2. The van der Waals surface area contributed by atoms with Gasteiger partial charge in [-0.3, -0.25) is 4.79 Å². The Bertz CT molecular complexity index is 1180. The van der Waals surface area contributed by atoms with Crippen LogP contribution in [0.25, 0.3) is 22.0 Å². The van der Waals surface area contributed by atoms with Gasteiger partial charge in [0.25, 0.3) is 0 Å². The number of para-hydroxylation sites is 2. The highest BCUT2D eigenvalue weighted by atomic mass is 19.1. The van der Waals surface area contributed by atoms with Gasteiger partial charge in [-0.2, -0.15) is 0 Å². The summed E-state index contributed by atoms with van der Waals surface area (Å²) in [7, 11) is 0. The van der Waals surface area contributed by atoms with Crippen molar-refractivity contribution in [3.8, 4) is 0 Å². The number of aromatic amines is 1. The van der Waals surface area contributed by atoms with E-state index >= 15 is 0 Å². The number of aromatic nitrogens is 2. The average molecular weight is 381 g/mol. The number of amides is 1. The number of fused-ring (bicyclic) bond motifs is 2. The fourth-order valence-electron chi connectivity index (χ4n) is 3.64. The first-order valence-electron chi connectivity index (χ1n) is 9.13. The van der Waals surface area contributed by atoms with E-state index in [1.165, 1.54) is 6.07 Å². The normalized spacial score (nSPS) is 19.8. The van der Waals surface area contributed by atoms with Crippen LogP contribution in [0.15, 0.2) is 46.9 Å². The summed E-state index contributed by atoms with van der Waals surface area (Å²) >= 11 is 0. The molecule has 28 heavy (non-hydrogen) atoms. The lowest BCUT2D eigenvalue weighted by Gasteiger charge is -2.11. The highest BCUT2D eigenvalue weighted by Crippen LogP contribution is 2.47. The molecule has 0 bridgehead atoms. The maximum atomic E-state index is 13.8. The van der Waals surface area contributed by atoms with Crippen molar-refractivity contribution in [2.75, 3.05) is 0 Å². The van der Waals surface area contributed by atoms with Crippen molar-refractivity contribution in [3.05, 3.63) is 65.7 Å². The van der Waals surface area contributed by atoms with Crippen LogP contribution in [0.2, 0.25) is 0 Å². The molecular formula is C21H17F2N3O2. The third-order valence-corrected chi connectivity index (χ3v) is 5.23. The van der Waals surface area contributed by atoms with Gasteiger partial charge >= 0.3 is 0 Å². The molecule has 1 aliphatic rings. The SMILES string of the molecule is CC(NC(=O)[C@H]1C[C@@H]1c1nc2ccccc2[nH]1)c1cc2cc(F)cc(F)c2o1. The predicted octanol–water partition coefficient (Wildman–Crippen LogP) is 4.57. The van der Waals surface area contributed by atoms with E-state index in [1.807, 2.05) is 24.3 Å². The van der Waals surface area contributed by atoms with Crippen LogP contribution in [0, 0.1) is 17.6 Å². The molecule has 1 saturated carbocycles. The number of carbonyl (C=O) groups is 1. The number of hydrogen-bond acceptors (Lipinski definition) is 3. The summed E-state index contributed by atoms with van der Waals surface area (Å²) in [6.45, 7) is 1.75. The second-order valence-corrected chi connectivity index (χ2v) is 7.27. The molecule has 4 aromatic rings.